The second-order valence-electron chi connectivity index (χ2n) is 6.87. The van der Waals surface area contributed by atoms with Gasteiger partial charge in [-0.25, -0.2) is 9.78 Å². The van der Waals surface area contributed by atoms with Gasteiger partial charge in [0, 0.05) is 23.7 Å². The molecule has 2 heterocycles. The van der Waals surface area contributed by atoms with E-state index in [-0.39, 0.29) is 6.03 Å². The Morgan fingerprint density at radius 2 is 1.86 bits per heavy atom. The maximum Gasteiger partial charge on any atom is 0.320 e. The molecule has 3 rings (SSSR count). The van der Waals surface area contributed by atoms with Crippen LogP contribution in [0.4, 0.5) is 10.6 Å². The molecule has 0 bridgehead atoms. The number of H-pyrrole nitrogens is 1. The van der Waals surface area contributed by atoms with Crippen LogP contribution >= 0.6 is 0 Å². The fourth-order valence-electron chi connectivity index (χ4n) is 3.16. The summed E-state index contributed by atoms with van der Waals surface area (Å²) in [5.41, 5.74) is 2.43. The maximum atomic E-state index is 12.1. The molecule has 0 unspecified atom stereocenters. The predicted octanol–water partition coefficient (Wildman–Crippen LogP) is 3.32. The fraction of sp³-hybridized carbons (Fsp3) is 0.333. The molecule has 1 aromatic carbocycles. The van der Waals surface area contributed by atoms with Crippen molar-refractivity contribution < 1.29 is 14.3 Å². The number of ether oxygens (including phenoxy) is 2. The summed E-state index contributed by atoms with van der Waals surface area (Å²) in [6.07, 6.45) is 2.75. The van der Waals surface area contributed by atoms with Crippen LogP contribution in [-0.4, -0.2) is 62.3 Å². The minimum Gasteiger partial charge on any atom is -0.496 e. The van der Waals surface area contributed by atoms with E-state index in [1.165, 1.54) is 0 Å². The third-order valence-electron chi connectivity index (χ3n) is 4.55. The van der Waals surface area contributed by atoms with Crippen molar-refractivity contribution in [3.63, 3.8) is 0 Å². The summed E-state index contributed by atoms with van der Waals surface area (Å²) < 4.78 is 11.0. The van der Waals surface area contributed by atoms with E-state index in [2.05, 4.69) is 25.5 Å². The monoisotopic (exact) mass is 397 g/mol. The van der Waals surface area contributed by atoms with Gasteiger partial charge in [0.1, 0.15) is 23.0 Å². The van der Waals surface area contributed by atoms with Crippen LogP contribution in [0.15, 0.2) is 36.5 Å². The molecule has 0 fully saturated rings. The Hall–Kier alpha value is -3.26. The first kappa shape index (κ1) is 20.5. The highest BCUT2D eigenvalue weighted by Crippen LogP contribution is 2.41. The van der Waals surface area contributed by atoms with Gasteiger partial charge in [0.05, 0.1) is 19.8 Å². The molecule has 0 aliphatic rings. The maximum absolute atomic E-state index is 12.1. The highest BCUT2D eigenvalue weighted by molar-refractivity contribution is 5.98. The standard InChI is InChI=1S/C21H27N5O3/c1-26(2)12-6-11-22-21(27)25-18-10-9-14-15(13-23-20(14)24-18)19-16(28-3)7-5-8-17(19)29-4/h5,7-10,13H,6,11-12H2,1-4H3,(H3,22,23,24,25,27). The number of hydrogen-bond donors (Lipinski definition) is 3. The normalized spacial score (nSPS) is 10.9. The first-order chi connectivity index (χ1) is 14.0. The number of anilines is 1. The van der Waals surface area contributed by atoms with E-state index in [0.29, 0.717) is 29.5 Å². The molecule has 0 radical (unpaired) electrons. The molecule has 0 saturated heterocycles. The largest absolute Gasteiger partial charge is 0.496 e. The van der Waals surface area contributed by atoms with Gasteiger partial charge in [0.25, 0.3) is 0 Å². The lowest BCUT2D eigenvalue weighted by molar-refractivity contribution is 0.251. The zero-order valence-electron chi connectivity index (χ0n) is 17.2. The van der Waals surface area contributed by atoms with Gasteiger partial charge in [-0.15, -0.1) is 0 Å². The summed E-state index contributed by atoms with van der Waals surface area (Å²) in [7, 11) is 7.27. The van der Waals surface area contributed by atoms with Gasteiger partial charge in [-0.2, -0.15) is 0 Å². The van der Waals surface area contributed by atoms with Gasteiger partial charge in [-0.05, 0) is 51.3 Å². The average Bonchev–Trinajstić information content (AvgIpc) is 3.13. The molecule has 3 N–H and O–H groups in total. The van der Waals surface area contributed by atoms with Crippen LogP contribution in [0.1, 0.15) is 6.42 Å². The van der Waals surface area contributed by atoms with Gasteiger partial charge >= 0.3 is 6.03 Å². The second-order valence-corrected chi connectivity index (χ2v) is 6.87. The SMILES string of the molecule is COc1cccc(OC)c1-c1c[nH]c2nc(NC(=O)NCCCN(C)C)ccc12. The minimum atomic E-state index is -0.270. The first-order valence-corrected chi connectivity index (χ1v) is 9.42. The van der Waals surface area contributed by atoms with E-state index < -0.39 is 0 Å². The lowest BCUT2D eigenvalue weighted by Gasteiger charge is -2.12. The fourth-order valence-corrected chi connectivity index (χ4v) is 3.16. The van der Waals surface area contributed by atoms with Crippen LogP contribution in [0.5, 0.6) is 11.5 Å². The van der Waals surface area contributed by atoms with Gasteiger partial charge in [-0.1, -0.05) is 6.07 Å². The van der Waals surface area contributed by atoms with Gasteiger partial charge in [0.2, 0.25) is 0 Å². The topological polar surface area (TPSA) is 91.5 Å². The third kappa shape index (κ3) is 4.78. The summed E-state index contributed by atoms with van der Waals surface area (Å²) in [6.45, 7) is 1.52. The van der Waals surface area contributed by atoms with Crippen molar-refractivity contribution in [1.82, 2.24) is 20.2 Å². The molecule has 2 aromatic heterocycles. The number of methoxy groups -OCH3 is 2. The number of rotatable bonds is 8. The number of nitrogens with one attached hydrogen (secondary N) is 3. The number of benzene rings is 1. The van der Waals surface area contributed by atoms with Crippen LogP contribution in [-0.2, 0) is 0 Å². The van der Waals surface area contributed by atoms with Crippen LogP contribution in [0, 0.1) is 0 Å². The van der Waals surface area contributed by atoms with Crippen molar-refractivity contribution in [3.05, 3.63) is 36.5 Å². The smallest absolute Gasteiger partial charge is 0.320 e. The molecule has 0 spiro atoms. The van der Waals surface area contributed by atoms with Crippen LogP contribution in [0.25, 0.3) is 22.2 Å². The van der Waals surface area contributed by atoms with Gasteiger partial charge < -0.3 is 24.7 Å². The molecule has 0 aliphatic heterocycles. The first-order valence-electron chi connectivity index (χ1n) is 9.42. The number of aromatic amines is 1. The molecular weight excluding hydrogens is 370 g/mol. The highest BCUT2D eigenvalue weighted by Gasteiger charge is 2.17. The molecule has 0 atom stereocenters. The van der Waals surface area contributed by atoms with E-state index in [1.807, 2.05) is 44.6 Å². The van der Waals surface area contributed by atoms with E-state index in [9.17, 15) is 4.79 Å². The van der Waals surface area contributed by atoms with Crippen molar-refractivity contribution in [2.45, 2.75) is 6.42 Å². The van der Waals surface area contributed by atoms with Crippen LogP contribution in [0.3, 0.4) is 0 Å². The van der Waals surface area contributed by atoms with E-state index >= 15 is 0 Å². The number of fused-ring (bicyclic) bond motifs is 1. The quantitative estimate of drug-likeness (QED) is 0.507. The number of aromatic nitrogens is 2. The number of nitrogens with zero attached hydrogens (tertiary/aromatic N) is 2. The number of carbonyl (C=O) groups excluding carboxylic acids is 1. The zero-order chi connectivity index (χ0) is 20.8. The van der Waals surface area contributed by atoms with Crippen molar-refractivity contribution >= 4 is 22.9 Å². The van der Waals surface area contributed by atoms with E-state index in [1.54, 1.807) is 20.3 Å². The Morgan fingerprint density at radius 3 is 2.52 bits per heavy atom. The molecule has 29 heavy (non-hydrogen) atoms. The Balaban J connectivity index is 1.78. The number of hydrogen-bond acceptors (Lipinski definition) is 5. The number of amides is 2. The number of pyridine rings is 1. The third-order valence-corrected chi connectivity index (χ3v) is 4.55. The highest BCUT2D eigenvalue weighted by atomic mass is 16.5. The Bertz CT molecular complexity index is 961. The van der Waals surface area contributed by atoms with Crippen molar-refractivity contribution in [2.24, 2.45) is 0 Å². The Morgan fingerprint density at radius 1 is 1.14 bits per heavy atom. The average molecular weight is 397 g/mol. The van der Waals surface area contributed by atoms with Crippen molar-refractivity contribution in [3.8, 4) is 22.6 Å². The Labute approximate surface area is 170 Å². The molecule has 2 amide bonds. The molecule has 8 nitrogen and oxygen atoms in total. The summed E-state index contributed by atoms with van der Waals surface area (Å²) >= 11 is 0. The lowest BCUT2D eigenvalue weighted by Crippen LogP contribution is -2.31. The summed E-state index contributed by atoms with van der Waals surface area (Å²) in [6, 6.07) is 9.09. The van der Waals surface area contributed by atoms with Gasteiger partial charge in [-0.3, -0.25) is 5.32 Å². The number of urea groups is 1. The van der Waals surface area contributed by atoms with Crippen molar-refractivity contribution in [2.75, 3.05) is 46.7 Å². The minimum absolute atomic E-state index is 0.270. The zero-order valence-corrected chi connectivity index (χ0v) is 17.2. The summed E-state index contributed by atoms with van der Waals surface area (Å²) in [5, 5.41) is 6.52. The van der Waals surface area contributed by atoms with Crippen LogP contribution in [0.2, 0.25) is 0 Å². The van der Waals surface area contributed by atoms with Crippen LogP contribution < -0.4 is 20.1 Å². The second kappa shape index (κ2) is 9.29. The van der Waals surface area contributed by atoms with Crippen molar-refractivity contribution in [1.29, 1.82) is 0 Å². The summed E-state index contributed by atoms with van der Waals surface area (Å²) in [4.78, 5) is 21.8. The molecule has 8 heteroatoms. The predicted molar refractivity (Wildman–Crippen MR) is 115 cm³/mol. The Kier molecular flexibility index (Phi) is 6.56. The molecule has 154 valence electrons. The molecule has 3 aromatic rings. The number of carbonyl (C=O) groups is 1. The van der Waals surface area contributed by atoms with E-state index in [4.69, 9.17) is 9.47 Å². The summed E-state index contributed by atoms with van der Waals surface area (Å²) in [5.74, 6) is 1.90. The molecule has 0 aliphatic carbocycles. The van der Waals surface area contributed by atoms with E-state index in [0.717, 1.165) is 29.5 Å². The lowest BCUT2D eigenvalue weighted by atomic mass is 10.0. The van der Waals surface area contributed by atoms with Gasteiger partial charge in [0.15, 0.2) is 0 Å². The molecular formula is C21H27N5O3. The molecule has 0 saturated carbocycles.